The van der Waals surface area contributed by atoms with E-state index < -0.39 is 5.82 Å². The maximum absolute atomic E-state index is 14.4. The number of rotatable bonds is 5. The van der Waals surface area contributed by atoms with E-state index in [2.05, 4.69) is 25.6 Å². The summed E-state index contributed by atoms with van der Waals surface area (Å²) < 4.78 is 17.7. The van der Waals surface area contributed by atoms with E-state index >= 15 is 0 Å². The van der Waals surface area contributed by atoms with Crippen LogP contribution < -0.4 is 15.5 Å². The lowest BCUT2D eigenvalue weighted by Gasteiger charge is -2.21. The van der Waals surface area contributed by atoms with Crippen molar-refractivity contribution in [3.63, 3.8) is 0 Å². The molecule has 1 saturated heterocycles. The van der Waals surface area contributed by atoms with Gasteiger partial charge in [-0.05, 0) is 51.3 Å². The SMILES string of the molecule is Cc1cn2cc(NC(=O)c3ccc(N4CC[C@H](NC5CC5)C4)c4cc(C)nn34)cc(F)c2n1. The van der Waals surface area contributed by atoms with E-state index in [4.69, 9.17) is 0 Å². The first-order chi connectivity index (χ1) is 15.9. The Morgan fingerprint density at radius 2 is 1.94 bits per heavy atom. The van der Waals surface area contributed by atoms with Gasteiger partial charge in [0.1, 0.15) is 5.69 Å². The zero-order valence-electron chi connectivity index (χ0n) is 18.7. The predicted molar refractivity (Wildman–Crippen MR) is 125 cm³/mol. The van der Waals surface area contributed by atoms with E-state index in [1.54, 1.807) is 34.3 Å². The molecule has 1 saturated carbocycles. The molecular weight excluding hydrogens is 421 g/mol. The number of amides is 1. The Bertz CT molecular complexity index is 1390. The number of anilines is 2. The summed E-state index contributed by atoms with van der Waals surface area (Å²) >= 11 is 0. The van der Waals surface area contributed by atoms with Crippen molar-refractivity contribution >= 4 is 28.4 Å². The van der Waals surface area contributed by atoms with Crippen LogP contribution in [0.5, 0.6) is 0 Å². The van der Waals surface area contributed by atoms with Gasteiger partial charge in [0.15, 0.2) is 11.5 Å². The minimum Gasteiger partial charge on any atom is -0.368 e. The van der Waals surface area contributed by atoms with Crippen LogP contribution in [-0.2, 0) is 0 Å². The van der Waals surface area contributed by atoms with Gasteiger partial charge in [-0.15, -0.1) is 0 Å². The minimum absolute atomic E-state index is 0.236. The molecule has 0 aromatic carbocycles. The molecule has 0 unspecified atom stereocenters. The lowest BCUT2D eigenvalue weighted by atomic mass is 10.2. The summed E-state index contributed by atoms with van der Waals surface area (Å²) in [5.74, 6) is -0.834. The third-order valence-corrected chi connectivity index (χ3v) is 6.42. The van der Waals surface area contributed by atoms with Crippen molar-refractivity contribution < 1.29 is 9.18 Å². The molecule has 8 nitrogen and oxygen atoms in total. The number of fused-ring (bicyclic) bond motifs is 2. The lowest BCUT2D eigenvalue weighted by molar-refractivity contribution is 0.102. The van der Waals surface area contributed by atoms with Crippen LogP contribution in [0, 0.1) is 19.7 Å². The quantitative estimate of drug-likeness (QED) is 0.491. The average Bonchev–Trinajstić information content (AvgIpc) is 3.13. The summed E-state index contributed by atoms with van der Waals surface area (Å²) in [7, 11) is 0. The van der Waals surface area contributed by atoms with Crippen LogP contribution in [0.15, 0.2) is 36.7 Å². The Labute approximate surface area is 190 Å². The molecule has 5 heterocycles. The first kappa shape index (κ1) is 20.2. The fourth-order valence-electron chi connectivity index (χ4n) is 4.76. The van der Waals surface area contributed by atoms with Gasteiger partial charge < -0.3 is 19.9 Å². The number of aryl methyl sites for hydroxylation is 2. The number of nitrogens with one attached hydrogen (secondary N) is 2. The molecule has 0 bridgehead atoms. The smallest absolute Gasteiger partial charge is 0.274 e. The van der Waals surface area contributed by atoms with Crippen LogP contribution in [0.25, 0.3) is 11.2 Å². The Hall–Kier alpha value is -3.46. The van der Waals surface area contributed by atoms with Crippen LogP contribution in [0.3, 0.4) is 0 Å². The largest absolute Gasteiger partial charge is 0.368 e. The zero-order chi connectivity index (χ0) is 22.7. The molecule has 1 amide bonds. The molecule has 0 radical (unpaired) electrons. The van der Waals surface area contributed by atoms with Crippen LogP contribution in [-0.4, -0.2) is 50.1 Å². The molecule has 9 heteroatoms. The summed E-state index contributed by atoms with van der Waals surface area (Å²) in [6, 6.07) is 8.27. The highest BCUT2D eigenvalue weighted by molar-refractivity contribution is 6.04. The molecule has 1 atom stereocenters. The third-order valence-electron chi connectivity index (χ3n) is 6.42. The first-order valence-corrected chi connectivity index (χ1v) is 11.4. The van der Waals surface area contributed by atoms with Gasteiger partial charge in [-0.2, -0.15) is 5.10 Å². The molecule has 33 heavy (non-hydrogen) atoms. The van der Waals surface area contributed by atoms with E-state index in [1.807, 2.05) is 19.1 Å². The van der Waals surface area contributed by atoms with E-state index in [9.17, 15) is 9.18 Å². The molecule has 170 valence electrons. The average molecular weight is 448 g/mol. The molecule has 0 spiro atoms. The van der Waals surface area contributed by atoms with Crippen molar-refractivity contribution in [2.24, 2.45) is 0 Å². The standard InChI is InChI=1S/C24H26FN7O/c1-14-9-22-20(30-8-7-17(12-30)27-16-3-4-16)5-6-21(32(22)29-14)24(33)28-18-10-19(25)23-26-15(2)11-31(23)13-18/h5-6,9-11,13,16-17,27H,3-4,7-8,12H2,1-2H3,(H,28,33)/t17-/m0/s1. The maximum atomic E-state index is 14.4. The molecule has 2 fully saturated rings. The topological polar surface area (TPSA) is 79.0 Å². The summed E-state index contributed by atoms with van der Waals surface area (Å²) in [4.78, 5) is 19.7. The van der Waals surface area contributed by atoms with Gasteiger partial charge in [0.2, 0.25) is 0 Å². The summed E-state index contributed by atoms with van der Waals surface area (Å²) in [5, 5.41) is 11.1. The van der Waals surface area contributed by atoms with Crippen LogP contribution in [0.1, 0.15) is 41.1 Å². The third kappa shape index (κ3) is 3.72. The minimum atomic E-state index is -0.486. The Morgan fingerprint density at radius 3 is 2.76 bits per heavy atom. The Morgan fingerprint density at radius 1 is 1.09 bits per heavy atom. The zero-order valence-corrected chi connectivity index (χ0v) is 18.7. The molecule has 2 aliphatic rings. The second-order valence-electron chi connectivity index (χ2n) is 9.20. The van der Waals surface area contributed by atoms with Gasteiger partial charge in [-0.1, -0.05) is 0 Å². The fraction of sp³-hybridized carbons (Fsp3) is 0.375. The summed E-state index contributed by atoms with van der Waals surface area (Å²) in [6.45, 7) is 5.64. The molecule has 2 N–H and O–H groups in total. The van der Waals surface area contributed by atoms with Gasteiger partial charge in [-0.3, -0.25) is 4.79 Å². The second kappa shape index (κ2) is 7.55. The molecule has 6 rings (SSSR count). The number of aromatic nitrogens is 4. The summed E-state index contributed by atoms with van der Waals surface area (Å²) in [5.41, 5.74) is 4.52. The number of pyridine rings is 2. The highest BCUT2D eigenvalue weighted by atomic mass is 19.1. The normalized spacial score (nSPS) is 18.5. The molecule has 1 aliphatic carbocycles. The van der Waals surface area contributed by atoms with E-state index in [-0.39, 0.29) is 11.6 Å². The molecule has 4 aromatic heterocycles. The number of carbonyl (C=O) groups excluding carboxylic acids is 1. The highest BCUT2D eigenvalue weighted by Crippen LogP contribution is 2.29. The van der Waals surface area contributed by atoms with E-state index in [1.165, 1.54) is 18.9 Å². The van der Waals surface area contributed by atoms with Crippen LogP contribution in [0.4, 0.5) is 15.8 Å². The molecule has 4 aromatic rings. The van der Waals surface area contributed by atoms with Crippen molar-refractivity contribution in [1.29, 1.82) is 0 Å². The van der Waals surface area contributed by atoms with Crippen LogP contribution in [0.2, 0.25) is 0 Å². The molecule has 1 aliphatic heterocycles. The van der Waals surface area contributed by atoms with Gasteiger partial charge in [0, 0.05) is 43.6 Å². The fourth-order valence-corrected chi connectivity index (χ4v) is 4.76. The number of hydrogen-bond acceptors (Lipinski definition) is 5. The summed E-state index contributed by atoms with van der Waals surface area (Å²) in [6.07, 6.45) is 7.06. The Kier molecular flexibility index (Phi) is 4.62. The van der Waals surface area contributed by atoms with Crippen molar-refractivity contribution in [3.05, 3.63) is 59.6 Å². The van der Waals surface area contributed by atoms with Crippen molar-refractivity contribution in [1.82, 2.24) is 24.3 Å². The van der Waals surface area contributed by atoms with Crippen molar-refractivity contribution in [3.8, 4) is 0 Å². The van der Waals surface area contributed by atoms with Gasteiger partial charge in [0.25, 0.3) is 5.91 Å². The maximum Gasteiger partial charge on any atom is 0.274 e. The number of carbonyl (C=O) groups is 1. The van der Waals surface area contributed by atoms with E-state index in [0.29, 0.717) is 29.2 Å². The predicted octanol–water partition coefficient (Wildman–Crippen LogP) is 3.32. The van der Waals surface area contributed by atoms with Crippen molar-refractivity contribution in [2.75, 3.05) is 23.3 Å². The monoisotopic (exact) mass is 447 g/mol. The first-order valence-electron chi connectivity index (χ1n) is 11.4. The second-order valence-corrected chi connectivity index (χ2v) is 9.20. The number of imidazole rings is 1. The van der Waals surface area contributed by atoms with Gasteiger partial charge in [-0.25, -0.2) is 13.9 Å². The number of nitrogens with zero attached hydrogens (tertiary/aromatic N) is 5. The Balaban J connectivity index is 1.29. The molecular formula is C24H26FN7O. The van der Waals surface area contributed by atoms with Crippen LogP contribution >= 0.6 is 0 Å². The highest BCUT2D eigenvalue weighted by Gasteiger charge is 2.30. The van der Waals surface area contributed by atoms with Crippen molar-refractivity contribution in [2.45, 2.75) is 45.2 Å². The van der Waals surface area contributed by atoms with Gasteiger partial charge in [0.05, 0.1) is 28.3 Å². The number of halogens is 1. The van der Waals surface area contributed by atoms with Gasteiger partial charge >= 0.3 is 0 Å². The lowest BCUT2D eigenvalue weighted by Crippen LogP contribution is -2.34. The number of hydrogen-bond donors (Lipinski definition) is 2. The van der Waals surface area contributed by atoms with E-state index in [0.717, 1.165) is 36.4 Å².